The summed E-state index contributed by atoms with van der Waals surface area (Å²) in [7, 11) is 0. The van der Waals surface area contributed by atoms with Crippen LogP contribution in [-0.4, -0.2) is 9.97 Å². The van der Waals surface area contributed by atoms with Gasteiger partial charge in [0, 0.05) is 22.3 Å². The fourth-order valence-corrected chi connectivity index (χ4v) is 8.97. The van der Waals surface area contributed by atoms with Gasteiger partial charge in [-0.1, -0.05) is 206 Å². The molecule has 0 aliphatic carbocycles. The van der Waals surface area contributed by atoms with Crippen LogP contribution in [0.2, 0.25) is 0 Å². The van der Waals surface area contributed by atoms with E-state index in [2.05, 4.69) is 224 Å². The van der Waals surface area contributed by atoms with Crippen LogP contribution in [0.15, 0.2) is 249 Å². The van der Waals surface area contributed by atoms with Gasteiger partial charge in [0.2, 0.25) is 0 Å². The van der Waals surface area contributed by atoms with Crippen LogP contribution >= 0.6 is 0 Å². The Morgan fingerprint density at radius 1 is 0.258 bits per heavy atom. The van der Waals surface area contributed by atoms with Gasteiger partial charge >= 0.3 is 0 Å². The summed E-state index contributed by atoms with van der Waals surface area (Å²) in [5.74, 6) is 0. The van der Waals surface area contributed by atoms with Crippen molar-refractivity contribution in [3.63, 3.8) is 0 Å². The van der Waals surface area contributed by atoms with Gasteiger partial charge in [0.1, 0.15) is 0 Å². The van der Waals surface area contributed by atoms with Crippen molar-refractivity contribution in [2.24, 2.45) is 0 Å². The molecule has 11 aromatic rings. The van der Waals surface area contributed by atoms with Crippen molar-refractivity contribution in [3.8, 4) is 107 Å². The van der Waals surface area contributed by atoms with Gasteiger partial charge in [-0.05, 0) is 109 Å². The molecule has 0 atom stereocenters. The molecule has 0 aliphatic heterocycles. The number of nitrogens with zero attached hydrogens (tertiary/aromatic N) is 3. The van der Waals surface area contributed by atoms with Crippen molar-refractivity contribution in [2.45, 2.75) is 0 Å². The van der Waals surface area contributed by atoms with Crippen LogP contribution in [-0.2, 0) is 0 Å². The molecule has 2 aromatic heterocycles. The Bertz CT molecular complexity index is 3410. The average Bonchev–Trinajstić information content (AvgIpc) is 3.41. The Balaban J connectivity index is 1.05. The SMILES string of the molecule is N#Cc1ccc(-c2cc(-c3ccc(-c4cc(-c5ccccc5)cc(-c5ccccc5)n4)cc3)c(-c3ccc(-c4cc(-c5ccccc5)cc(-c5ccccc5)n4)cc3)c3ccccc23)cc1. The Labute approximate surface area is 385 Å². The summed E-state index contributed by atoms with van der Waals surface area (Å²) >= 11 is 0. The maximum atomic E-state index is 9.64. The summed E-state index contributed by atoms with van der Waals surface area (Å²) in [6.07, 6.45) is 0. The van der Waals surface area contributed by atoms with Gasteiger partial charge in [-0.2, -0.15) is 5.26 Å². The van der Waals surface area contributed by atoms with Gasteiger partial charge in [-0.3, -0.25) is 0 Å². The van der Waals surface area contributed by atoms with E-state index in [1.165, 1.54) is 0 Å². The quantitative estimate of drug-likeness (QED) is 0.145. The Hall–Kier alpha value is -8.97. The molecule has 0 fully saturated rings. The van der Waals surface area contributed by atoms with E-state index in [0.29, 0.717) is 5.56 Å². The number of hydrogen-bond donors (Lipinski definition) is 0. The van der Waals surface area contributed by atoms with Crippen molar-refractivity contribution >= 4 is 10.8 Å². The topological polar surface area (TPSA) is 49.6 Å². The average molecular weight is 840 g/mol. The lowest BCUT2D eigenvalue weighted by Crippen LogP contribution is -1.94. The molecule has 0 radical (unpaired) electrons. The normalized spacial score (nSPS) is 11.0. The molecule has 0 aliphatic rings. The molecule has 0 amide bonds. The van der Waals surface area contributed by atoms with E-state index in [1.807, 2.05) is 30.3 Å². The van der Waals surface area contributed by atoms with Crippen LogP contribution in [0, 0.1) is 11.3 Å². The van der Waals surface area contributed by atoms with E-state index >= 15 is 0 Å². The van der Waals surface area contributed by atoms with E-state index < -0.39 is 0 Å². The summed E-state index contributed by atoms with van der Waals surface area (Å²) in [6, 6.07) is 89.4. The molecule has 0 spiro atoms. The van der Waals surface area contributed by atoms with Gasteiger partial charge in [-0.15, -0.1) is 0 Å². The highest BCUT2D eigenvalue weighted by Crippen LogP contribution is 2.44. The first-order valence-electron chi connectivity index (χ1n) is 22.2. The molecule has 0 unspecified atom stereocenters. The summed E-state index contributed by atoms with van der Waals surface area (Å²) in [6.45, 7) is 0. The maximum absolute atomic E-state index is 9.64. The number of benzene rings is 9. The molecule has 0 bridgehead atoms. The van der Waals surface area contributed by atoms with Crippen molar-refractivity contribution in [2.75, 3.05) is 0 Å². The van der Waals surface area contributed by atoms with Crippen molar-refractivity contribution in [3.05, 3.63) is 254 Å². The second-order valence-corrected chi connectivity index (χ2v) is 16.5. The third-order valence-electron chi connectivity index (χ3n) is 12.3. The predicted molar refractivity (Wildman–Crippen MR) is 273 cm³/mol. The van der Waals surface area contributed by atoms with Crippen LogP contribution < -0.4 is 0 Å². The molecular weight excluding hydrogens is 799 g/mol. The van der Waals surface area contributed by atoms with Gasteiger partial charge in [0.25, 0.3) is 0 Å². The first-order valence-corrected chi connectivity index (χ1v) is 22.2. The van der Waals surface area contributed by atoms with Crippen LogP contribution in [0.3, 0.4) is 0 Å². The first-order chi connectivity index (χ1) is 32.6. The summed E-state index contributed by atoms with van der Waals surface area (Å²) in [5, 5.41) is 11.9. The van der Waals surface area contributed by atoms with E-state index in [-0.39, 0.29) is 0 Å². The number of nitriles is 1. The lowest BCUT2D eigenvalue weighted by Gasteiger charge is -2.19. The number of rotatable bonds is 9. The second kappa shape index (κ2) is 17.7. The van der Waals surface area contributed by atoms with Crippen LogP contribution in [0.1, 0.15) is 5.56 Å². The number of aromatic nitrogens is 2. The molecule has 3 heteroatoms. The fraction of sp³-hybridized carbons (Fsp3) is 0. The lowest BCUT2D eigenvalue weighted by atomic mass is 9.85. The smallest absolute Gasteiger partial charge is 0.0991 e. The largest absolute Gasteiger partial charge is 0.248 e. The zero-order chi connectivity index (χ0) is 44.2. The van der Waals surface area contributed by atoms with Gasteiger partial charge < -0.3 is 0 Å². The van der Waals surface area contributed by atoms with Crippen LogP contribution in [0.4, 0.5) is 0 Å². The molecule has 0 saturated carbocycles. The third-order valence-corrected chi connectivity index (χ3v) is 12.3. The minimum Gasteiger partial charge on any atom is -0.248 e. The van der Waals surface area contributed by atoms with Crippen LogP contribution in [0.5, 0.6) is 0 Å². The highest BCUT2D eigenvalue weighted by Gasteiger charge is 2.18. The summed E-state index contributed by atoms with van der Waals surface area (Å²) in [5.41, 5.74) is 19.7. The lowest BCUT2D eigenvalue weighted by molar-refractivity contribution is 1.32. The maximum Gasteiger partial charge on any atom is 0.0991 e. The predicted octanol–water partition coefficient (Wildman–Crippen LogP) is 16.5. The van der Waals surface area contributed by atoms with Crippen molar-refractivity contribution < 1.29 is 0 Å². The Morgan fingerprint density at radius 2 is 0.591 bits per heavy atom. The molecule has 3 nitrogen and oxygen atoms in total. The summed E-state index contributed by atoms with van der Waals surface area (Å²) in [4.78, 5) is 10.5. The number of fused-ring (bicyclic) bond motifs is 1. The van der Waals surface area contributed by atoms with Gasteiger partial charge in [-0.25, -0.2) is 9.97 Å². The summed E-state index contributed by atoms with van der Waals surface area (Å²) < 4.78 is 0. The Morgan fingerprint density at radius 3 is 1.03 bits per heavy atom. The molecule has 0 N–H and O–H groups in total. The molecule has 308 valence electrons. The van der Waals surface area contributed by atoms with E-state index in [4.69, 9.17) is 9.97 Å². The molecule has 9 aromatic carbocycles. The third kappa shape index (κ3) is 7.96. The van der Waals surface area contributed by atoms with Crippen molar-refractivity contribution in [1.82, 2.24) is 9.97 Å². The zero-order valence-corrected chi connectivity index (χ0v) is 36.0. The first kappa shape index (κ1) is 39.8. The Kier molecular flexibility index (Phi) is 10.7. The minimum absolute atomic E-state index is 0.635. The molecule has 0 saturated heterocycles. The van der Waals surface area contributed by atoms with Gasteiger partial charge in [0.05, 0.1) is 34.4 Å². The minimum atomic E-state index is 0.635. The van der Waals surface area contributed by atoms with E-state index in [0.717, 1.165) is 111 Å². The van der Waals surface area contributed by atoms with Crippen molar-refractivity contribution in [1.29, 1.82) is 5.26 Å². The van der Waals surface area contributed by atoms with E-state index in [1.54, 1.807) is 0 Å². The molecule has 66 heavy (non-hydrogen) atoms. The highest BCUT2D eigenvalue weighted by atomic mass is 14.7. The number of pyridine rings is 2. The fourth-order valence-electron chi connectivity index (χ4n) is 8.97. The highest BCUT2D eigenvalue weighted by molar-refractivity contribution is 6.11. The van der Waals surface area contributed by atoms with Crippen LogP contribution in [0.25, 0.3) is 111 Å². The molecular formula is C63H41N3. The second-order valence-electron chi connectivity index (χ2n) is 16.5. The standard InChI is InChI=1S/C63H41N3/c64-42-43-25-27-46(28-26-43)57-41-58(47-29-31-50(32-30-47)61-39-53(44-15-5-1-6-16-44)37-59(65-61)48-19-9-3-10-20-48)63(56-24-14-13-23-55(56)57)52-35-33-51(34-36-52)62-40-54(45-17-7-2-8-18-45)38-60(66-62)49-21-11-4-12-22-49/h1-41H. The van der Waals surface area contributed by atoms with E-state index in [9.17, 15) is 5.26 Å². The van der Waals surface area contributed by atoms with Gasteiger partial charge in [0.15, 0.2) is 0 Å². The zero-order valence-electron chi connectivity index (χ0n) is 36.0. The monoisotopic (exact) mass is 839 g/mol. The number of hydrogen-bond acceptors (Lipinski definition) is 3. The molecule has 2 heterocycles. The molecule has 11 rings (SSSR count).